The maximum absolute atomic E-state index is 8.93. The van der Waals surface area contributed by atoms with E-state index in [9.17, 15) is 0 Å². The van der Waals surface area contributed by atoms with Crippen molar-refractivity contribution in [1.82, 2.24) is 4.98 Å². The van der Waals surface area contributed by atoms with Gasteiger partial charge in [0.1, 0.15) is 5.75 Å². The molecule has 0 bridgehead atoms. The smallest absolute Gasteiger partial charge is 0.230 e. The number of rotatable bonds is 3. The van der Waals surface area contributed by atoms with E-state index in [2.05, 4.69) is 10.1 Å². The number of hydrogen-bond acceptors (Lipinski definition) is 4. The first-order valence-corrected chi connectivity index (χ1v) is 6.38. The molecule has 3 N–H and O–H groups in total. The summed E-state index contributed by atoms with van der Waals surface area (Å²) < 4.78 is 5.76. The lowest BCUT2D eigenvalue weighted by Gasteiger charge is -2.10. The van der Waals surface area contributed by atoms with E-state index in [0.717, 1.165) is 10.9 Å². The van der Waals surface area contributed by atoms with E-state index in [0.29, 0.717) is 17.2 Å². The summed E-state index contributed by atoms with van der Waals surface area (Å²) >= 11 is 0. The zero-order valence-corrected chi connectivity index (χ0v) is 11.1. The number of para-hydroxylation sites is 2. The van der Waals surface area contributed by atoms with Gasteiger partial charge in [-0.1, -0.05) is 41.6 Å². The standard InChI is InChI=1S/C16H13N3O2/c17-15(19-20)13-10-11-6-4-5-9-14(11)18-16(13)21-12-7-2-1-3-8-12/h1-10,20H,(H2,17,19). The summed E-state index contributed by atoms with van der Waals surface area (Å²) in [6.07, 6.45) is 0. The highest BCUT2D eigenvalue weighted by Gasteiger charge is 2.13. The number of oxime groups is 1. The van der Waals surface area contributed by atoms with Gasteiger partial charge >= 0.3 is 0 Å². The SMILES string of the molecule is NC(=NO)c1cc2ccccc2nc1Oc1ccccc1. The van der Waals surface area contributed by atoms with Crippen LogP contribution in [0.1, 0.15) is 5.56 Å². The Bertz CT molecular complexity index is 801. The van der Waals surface area contributed by atoms with Crippen molar-refractivity contribution >= 4 is 16.7 Å². The van der Waals surface area contributed by atoms with Gasteiger partial charge in [0.15, 0.2) is 5.84 Å². The van der Waals surface area contributed by atoms with Crippen LogP contribution in [0.15, 0.2) is 65.8 Å². The number of hydrogen-bond donors (Lipinski definition) is 2. The predicted octanol–water partition coefficient (Wildman–Crippen LogP) is 3.12. The molecule has 2 aromatic carbocycles. The monoisotopic (exact) mass is 279 g/mol. The fourth-order valence-corrected chi connectivity index (χ4v) is 2.01. The van der Waals surface area contributed by atoms with Gasteiger partial charge in [0.25, 0.3) is 0 Å². The fraction of sp³-hybridized carbons (Fsp3) is 0. The highest BCUT2D eigenvalue weighted by molar-refractivity contribution is 6.02. The van der Waals surface area contributed by atoms with Crippen LogP contribution in [0.25, 0.3) is 10.9 Å². The van der Waals surface area contributed by atoms with Crippen LogP contribution >= 0.6 is 0 Å². The molecule has 5 nitrogen and oxygen atoms in total. The summed E-state index contributed by atoms with van der Waals surface area (Å²) in [5.41, 5.74) is 6.94. The molecule has 0 radical (unpaired) electrons. The van der Waals surface area contributed by atoms with Crippen molar-refractivity contribution in [2.24, 2.45) is 10.9 Å². The molecule has 0 fully saturated rings. The van der Waals surface area contributed by atoms with Crippen molar-refractivity contribution in [2.75, 3.05) is 0 Å². The van der Waals surface area contributed by atoms with E-state index in [1.54, 1.807) is 6.07 Å². The second-order valence-corrected chi connectivity index (χ2v) is 4.43. The molecule has 1 heterocycles. The normalized spacial score (nSPS) is 11.5. The molecule has 0 aliphatic carbocycles. The van der Waals surface area contributed by atoms with Gasteiger partial charge < -0.3 is 15.7 Å². The van der Waals surface area contributed by atoms with Crippen molar-refractivity contribution < 1.29 is 9.94 Å². The van der Waals surface area contributed by atoms with Crippen LogP contribution in [0.3, 0.4) is 0 Å². The maximum atomic E-state index is 8.93. The molecular weight excluding hydrogens is 266 g/mol. The molecule has 3 aromatic rings. The highest BCUT2D eigenvalue weighted by atomic mass is 16.5. The van der Waals surface area contributed by atoms with Crippen LogP contribution in [0.5, 0.6) is 11.6 Å². The van der Waals surface area contributed by atoms with Crippen molar-refractivity contribution in [2.45, 2.75) is 0 Å². The third-order valence-corrected chi connectivity index (χ3v) is 3.03. The summed E-state index contributed by atoms with van der Waals surface area (Å²) in [6, 6.07) is 18.6. The van der Waals surface area contributed by atoms with Crippen molar-refractivity contribution in [1.29, 1.82) is 0 Å². The Hall–Kier alpha value is -3.08. The third kappa shape index (κ3) is 2.62. The Morgan fingerprint density at radius 1 is 1.05 bits per heavy atom. The van der Waals surface area contributed by atoms with E-state index in [1.807, 2.05) is 54.6 Å². The van der Waals surface area contributed by atoms with Crippen LogP contribution in [-0.4, -0.2) is 16.0 Å². The molecule has 0 spiro atoms. The van der Waals surface area contributed by atoms with Gasteiger partial charge in [0.2, 0.25) is 5.88 Å². The number of benzene rings is 2. The van der Waals surface area contributed by atoms with Crippen LogP contribution < -0.4 is 10.5 Å². The Labute approximate surface area is 121 Å². The van der Waals surface area contributed by atoms with Crippen LogP contribution in [-0.2, 0) is 0 Å². The van der Waals surface area contributed by atoms with Gasteiger partial charge in [0.05, 0.1) is 11.1 Å². The second kappa shape index (κ2) is 5.50. The Kier molecular flexibility index (Phi) is 3.39. The van der Waals surface area contributed by atoms with Crippen LogP contribution in [0, 0.1) is 0 Å². The largest absolute Gasteiger partial charge is 0.438 e. The average molecular weight is 279 g/mol. The molecule has 104 valence electrons. The van der Waals surface area contributed by atoms with E-state index in [4.69, 9.17) is 15.7 Å². The molecule has 0 amide bonds. The van der Waals surface area contributed by atoms with Crippen molar-refractivity contribution in [3.63, 3.8) is 0 Å². The summed E-state index contributed by atoms with van der Waals surface area (Å²) in [5, 5.41) is 12.9. The minimum atomic E-state index is -0.0424. The highest BCUT2D eigenvalue weighted by Crippen LogP contribution is 2.26. The third-order valence-electron chi connectivity index (χ3n) is 3.03. The minimum Gasteiger partial charge on any atom is -0.438 e. The van der Waals surface area contributed by atoms with Gasteiger partial charge in [-0.25, -0.2) is 4.98 Å². The lowest BCUT2D eigenvalue weighted by atomic mass is 10.1. The summed E-state index contributed by atoms with van der Waals surface area (Å²) in [6.45, 7) is 0. The number of ether oxygens (including phenoxy) is 1. The molecule has 0 saturated carbocycles. The lowest BCUT2D eigenvalue weighted by Crippen LogP contribution is -2.15. The quantitative estimate of drug-likeness (QED) is 0.334. The fourth-order valence-electron chi connectivity index (χ4n) is 2.01. The minimum absolute atomic E-state index is 0.0424. The zero-order valence-electron chi connectivity index (χ0n) is 11.1. The molecule has 1 aromatic heterocycles. The van der Waals surface area contributed by atoms with Gasteiger partial charge in [-0.15, -0.1) is 0 Å². The summed E-state index contributed by atoms with van der Waals surface area (Å²) in [4.78, 5) is 4.45. The predicted molar refractivity (Wildman–Crippen MR) is 80.8 cm³/mol. The molecule has 0 atom stereocenters. The van der Waals surface area contributed by atoms with Crippen LogP contribution in [0.4, 0.5) is 0 Å². The Morgan fingerprint density at radius 3 is 2.52 bits per heavy atom. The topological polar surface area (TPSA) is 80.7 Å². The molecule has 0 saturated heterocycles. The maximum Gasteiger partial charge on any atom is 0.230 e. The molecule has 21 heavy (non-hydrogen) atoms. The Morgan fingerprint density at radius 2 is 1.76 bits per heavy atom. The van der Waals surface area contributed by atoms with E-state index in [-0.39, 0.29) is 5.84 Å². The first-order valence-electron chi connectivity index (χ1n) is 6.38. The molecular formula is C16H13N3O2. The van der Waals surface area contributed by atoms with Gasteiger partial charge in [-0.05, 0) is 24.3 Å². The van der Waals surface area contributed by atoms with E-state index < -0.39 is 0 Å². The van der Waals surface area contributed by atoms with Gasteiger partial charge in [-0.3, -0.25) is 0 Å². The zero-order chi connectivity index (χ0) is 14.7. The first-order chi connectivity index (χ1) is 10.3. The van der Waals surface area contributed by atoms with Gasteiger partial charge in [0, 0.05) is 5.39 Å². The van der Waals surface area contributed by atoms with Crippen molar-refractivity contribution in [3.05, 3.63) is 66.2 Å². The molecule has 5 heteroatoms. The number of pyridine rings is 1. The molecule has 0 aliphatic heterocycles. The number of fused-ring (bicyclic) bond motifs is 1. The van der Waals surface area contributed by atoms with E-state index in [1.165, 1.54) is 0 Å². The first kappa shape index (κ1) is 12.9. The molecule has 0 aliphatic rings. The average Bonchev–Trinajstić information content (AvgIpc) is 2.54. The number of aromatic nitrogens is 1. The van der Waals surface area contributed by atoms with Crippen molar-refractivity contribution in [3.8, 4) is 11.6 Å². The Balaban J connectivity index is 2.14. The van der Waals surface area contributed by atoms with Gasteiger partial charge in [-0.2, -0.15) is 0 Å². The second-order valence-electron chi connectivity index (χ2n) is 4.43. The summed E-state index contributed by atoms with van der Waals surface area (Å²) in [7, 11) is 0. The van der Waals surface area contributed by atoms with Crippen LogP contribution in [0.2, 0.25) is 0 Å². The van der Waals surface area contributed by atoms with E-state index >= 15 is 0 Å². The molecule has 3 rings (SSSR count). The summed E-state index contributed by atoms with van der Waals surface area (Å²) in [5.74, 6) is 0.890. The number of amidine groups is 1. The lowest BCUT2D eigenvalue weighted by molar-refractivity contribution is 0.318. The number of nitrogens with zero attached hydrogens (tertiary/aromatic N) is 2. The molecule has 0 unspecified atom stereocenters. The number of nitrogens with two attached hydrogens (primary N) is 1.